The van der Waals surface area contributed by atoms with Crippen LogP contribution in [-0.2, 0) is 22.7 Å². The summed E-state index contributed by atoms with van der Waals surface area (Å²) in [6.45, 7) is 1.55. The smallest absolute Gasteiger partial charge is 0.391 e. The first-order chi connectivity index (χ1) is 14.3. The molecule has 14 heteroatoms. The number of nitrogens with one attached hydrogen (secondary N) is 1. The van der Waals surface area contributed by atoms with Crippen molar-refractivity contribution in [2.24, 2.45) is 5.14 Å². The number of halogens is 4. The van der Waals surface area contributed by atoms with Crippen LogP contribution in [0.5, 0.6) is 0 Å². The summed E-state index contributed by atoms with van der Waals surface area (Å²) >= 11 is 0. The number of sulfonamides is 1. The van der Waals surface area contributed by atoms with E-state index >= 15 is 0 Å². The van der Waals surface area contributed by atoms with E-state index in [0.717, 1.165) is 18.3 Å². The average Bonchev–Trinajstić information content (AvgIpc) is 3.09. The Balaban J connectivity index is 2.00. The molecule has 166 valence electrons. The molecule has 0 radical (unpaired) electrons. The number of nitrogens with two attached hydrogens (primary N) is 1. The van der Waals surface area contributed by atoms with E-state index < -0.39 is 44.3 Å². The second-order valence-corrected chi connectivity index (χ2v) is 8.13. The molecular weight excluding hydrogens is 444 g/mol. The third kappa shape index (κ3) is 5.34. The molecule has 3 rings (SSSR count). The van der Waals surface area contributed by atoms with E-state index in [9.17, 15) is 31.1 Å². The lowest BCUT2D eigenvalue weighted by molar-refractivity contribution is -0.137. The van der Waals surface area contributed by atoms with Gasteiger partial charge in [0.1, 0.15) is 11.4 Å². The molecule has 2 heterocycles. The molecule has 0 saturated heterocycles. The normalized spacial score (nSPS) is 13.3. The lowest BCUT2D eigenvalue weighted by atomic mass is 10.1. The third-order valence-corrected chi connectivity index (χ3v) is 4.88. The molecule has 0 aliphatic rings. The fourth-order valence-electron chi connectivity index (χ4n) is 2.62. The van der Waals surface area contributed by atoms with Crippen LogP contribution in [0.3, 0.4) is 0 Å². The molecular formula is C17H16F4N6O3S. The van der Waals surface area contributed by atoms with Gasteiger partial charge in [-0.25, -0.2) is 27.9 Å². The number of hydrogen-bond acceptors (Lipinski definition) is 7. The lowest BCUT2D eigenvalue weighted by Crippen LogP contribution is -2.13. The Morgan fingerprint density at radius 3 is 2.58 bits per heavy atom. The zero-order valence-corrected chi connectivity index (χ0v) is 16.6. The maximum Gasteiger partial charge on any atom is 0.419 e. The first kappa shape index (κ1) is 22.6. The molecule has 31 heavy (non-hydrogen) atoms. The Labute approximate surface area is 173 Å². The minimum Gasteiger partial charge on any atom is -0.391 e. The monoisotopic (exact) mass is 460 g/mol. The van der Waals surface area contributed by atoms with Crippen LogP contribution in [0.25, 0.3) is 11.3 Å². The van der Waals surface area contributed by atoms with Crippen LogP contribution in [0, 0.1) is 5.82 Å². The number of aliphatic hydroxyl groups is 1. The molecule has 0 fully saturated rings. The largest absolute Gasteiger partial charge is 0.419 e. The number of alkyl halides is 3. The molecule has 4 N–H and O–H groups in total. The first-order valence-electron chi connectivity index (χ1n) is 8.59. The lowest BCUT2D eigenvalue weighted by Gasteiger charge is -2.13. The van der Waals surface area contributed by atoms with Crippen molar-refractivity contribution in [3.8, 4) is 11.3 Å². The van der Waals surface area contributed by atoms with Gasteiger partial charge in [0.05, 0.1) is 35.1 Å². The van der Waals surface area contributed by atoms with Gasteiger partial charge in [-0.15, -0.1) is 0 Å². The van der Waals surface area contributed by atoms with Crippen LogP contribution in [0.1, 0.15) is 12.5 Å². The van der Waals surface area contributed by atoms with Crippen LogP contribution >= 0.6 is 0 Å². The molecule has 0 saturated carbocycles. The van der Waals surface area contributed by atoms with E-state index in [2.05, 4.69) is 20.4 Å². The van der Waals surface area contributed by atoms with Gasteiger partial charge in [-0.2, -0.15) is 18.3 Å². The zero-order valence-electron chi connectivity index (χ0n) is 15.8. The number of aromatic nitrogens is 4. The molecule has 0 amide bonds. The van der Waals surface area contributed by atoms with Gasteiger partial charge in [0.25, 0.3) is 0 Å². The second kappa shape index (κ2) is 8.20. The molecule has 0 spiro atoms. The molecule has 0 unspecified atom stereocenters. The van der Waals surface area contributed by atoms with Gasteiger partial charge < -0.3 is 10.4 Å². The maximum absolute atomic E-state index is 14.2. The quantitative estimate of drug-likeness (QED) is 0.480. The van der Waals surface area contributed by atoms with Gasteiger partial charge in [0.2, 0.25) is 16.0 Å². The number of benzene rings is 1. The van der Waals surface area contributed by atoms with E-state index in [1.54, 1.807) is 0 Å². The number of hydrogen-bond donors (Lipinski definition) is 3. The van der Waals surface area contributed by atoms with Crippen molar-refractivity contribution in [2.45, 2.75) is 30.6 Å². The van der Waals surface area contributed by atoms with Crippen molar-refractivity contribution in [1.29, 1.82) is 0 Å². The maximum atomic E-state index is 14.2. The molecule has 0 aliphatic carbocycles. The highest BCUT2D eigenvalue weighted by molar-refractivity contribution is 7.89. The highest BCUT2D eigenvalue weighted by Crippen LogP contribution is 2.36. The van der Waals surface area contributed by atoms with Crippen LogP contribution in [-0.4, -0.2) is 39.4 Å². The SMILES string of the molecule is C[C@H](O)Cn1cc(-c2nc(Nc3ccc(S(N)(=O)=O)cc3F)ncc2C(F)(F)F)cn1. The van der Waals surface area contributed by atoms with Gasteiger partial charge in [0.15, 0.2) is 0 Å². The van der Waals surface area contributed by atoms with Crippen molar-refractivity contribution in [3.05, 3.63) is 48.2 Å². The summed E-state index contributed by atoms with van der Waals surface area (Å²) < 4.78 is 78.4. The molecule has 0 aliphatic heterocycles. The van der Waals surface area contributed by atoms with E-state index in [1.807, 2.05) is 0 Å². The average molecular weight is 460 g/mol. The number of anilines is 2. The van der Waals surface area contributed by atoms with Crippen molar-refractivity contribution >= 4 is 21.7 Å². The molecule has 3 aromatic rings. The summed E-state index contributed by atoms with van der Waals surface area (Å²) in [5.41, 5.74) is -1.92. The first-order valence-corrected chi connectivity index (χ1v) is 10.1. The van der Waals surface area contributed by atoms with E-state index in [-0.39, 0.29) is 23.7 Å². The molecule has 1 aromatic carbocycles. The summed E-state index contributed by atoms with van der Waals surface area (Å²) in [7, 11) is -4.14. The predicted octanol–water partition coefficient (Wildman–Crippen LogP) is 2.27. The molecule has 9 nitrogen and oxygen atoms in total. The fraction of sp³-hybridized carbons (Fsp3) is 0.235. The second-order valence-electron chi connectivity index (χ2n) is 6.57. The van der Waals surface area contributed by atoms with E-state index in [0.29, 0.717) is 12.3 Å². The highest BCUT2D eigenvalue weighted by Gasteiger charge is 2.36. The third-order valence-electron chi connectivity index (χ3n) is 3.97. The van der Waals surface area contributed by atoms with Gasteiger partial charge >= 0.3 is 6.18 Å². The minimum atomic E-state index is -4.78. The highest BCUT2D eigenvalue weighted by atomic mass is 32.2. The van der Waals surface area contributed by atoms with Gasteiger partial charge in [0, 0.05) is 18.0 Å². The van der Waals surface area contributed by atoms with Gasteiger partial charge in [-0.05, 0) is 25.1 Å². The van der Waals surface area contributed by atoms with Crippen molar-refractivity contribution in [2.75, 3.05) is 5.32 Å². The summed E-state index contributed by atoms with van der Waals surface area (Å²) in [6.07, 6.45) is -2.60. The van der Waals surface area contributed by atoms with Crippen molar-refractivity contribution in [3.63, 3.8) is 0 Å². The Kier molecular flexibility index (Phi) is 5.98. The van der Waals surface area contributed by atoms with Crippen LogP contribution < -0.4 is 10.5 Å². The minimum absolute atomic E-state index is 0.00321. The van der Waals surface area contributed by atoms with Crippen LogP contribution in [0.4, 0.5) is 29.2 Å². The standard InChI is InChI=1S/C17H16F4N6O3S/c1-9(28)7-27-8-10(5-24-27)15-12(17(19,20)21)6-23-16(26-15)25-14-3-2-11(4-13(14)18)31(22,29)30/h2-6,8-9,28H,7H2,1H3,(H2,22,29,30)(H,23,25,26)/t9-/m0/s1. The van der Waals surface area contributed by atoms with Crippen LogP contribution in [0.15, 0.2) is 41.7 Å². The summed E-state index contributed by atoms with van der Waals surface area (Å²) in [4.78, 5) is 6.94. The summed E-state index contributed by atoms with van der Waals surface area (Å²) in [5.74, 6) is -1.39. The predicted molar refractivity (Wildman–Crippen MR) is 101 cm³/mol. The van der Waals surface area contributed by atoms with Gasteiger partial charge in [-0.3, -0.25) is 4.68 Å². The van der Waals surface area contributed by atoms with E-state index in [4.69, 9.17) is 5.14 Å². The van der Waals surface area contributed by atoms with Crippen molar-refractivity contribution < 1.29 is 31.1 Å². The number of nitrogens with zero attached hydrogens (tertiary/aromatic N) is 4. The Morgan fingerprint density at radius 2 is 2.00 bits per heavy atom. The van der Waals surface area contributed by atoms with Crippen molar-refractivity contribution in [1.82, 2.24) is 19.7 Å². The van der Waals surface area contributed by atoms with E-state index in [1.165, 1.54) is 17.8 Å². The Hall–Kier alpha value is -3.10. The molecule has 1 atom stereocenters. The Morgan fingerprint density at radius 1 is 1.29 bits per heavy atom. The fourth-order valence-corrected chi connectivity index (χ4v) is 3.15. The van der Waals surface area contributed by atoms with Gasteiger partial charge in [-0.1, -0.05) is 0 Å². The topological polar surface area (TPSA) is 136 Å². The zero-order chi connectivity index (χ0) is 23.0. The number of aliphatic hydroxyl groups excluding tert-OH is 1. The number of rotatable bonds is 6. The summed E-state index contributed by atoms with van der Waals surface area (Å²) in [5, 5.41) is 20.7. The van der Waals surface area contributed by atoms with Crippen LogP contribution in [0.2, 0.25) is 0 Å². The molecule has 0 bridgehead atoms. The molecule has 2 aromatic heterocycles. The summed E-state index contributed by atoms with van der Waals surface area (Å²) in [6, 6.07) is 2.71. The Bertz CT molecular complexity index is 1210. The number of primary sulfonamides is 1.